The van der Waals surface area contributed by atoms with Crippen LogP contribution >= 0.6 is 0 Å². The molecule has 3 heterocycles. The first kappa shape index (κ1) is 34.7. The van der Waals surface area contributed by atoms with Crippen LogP contribution in [0.2, 0.25) is 0 Å². The van der Waals surface area contributed by atoms with Crippen molar-refractivity contribution in [2.24, 2.45) is 5.73 Å². The Morgan fingerprint density at radius 2 is 1.77 bits per heavy atom. The van der Waals surface area contributed by atoms with Gasteiger partial charge in [-0.15, -0.1) is 0 Å². The molecule has 0 amide bonds. The van der Waals surface area contributed by atoms with Crippen LogP contribution in [0.4, 0.5) is 11.4 Å². The Labute approximate surface area is 277 Å². The molecular weight excluding hydrogens is 618 g/mol. The summed E-state index contributed by atoms with van der Waals surface area (Å²) < 4.78 is 38.5. The van der Waals surface area contributed by atoms with E-state index in [-0.39, 0.29) is 21.2 Å². The molecule has 47 heavy (non-hydrogen) atoms. The van der Waals surface area contributed by atoms with Crippen molar-refractivity contribution < 1.29 is 37.3 Å². The topological polar surface area (TPSA) is 161 Å². The number of quaternary nitrogens is 1. The number of carboxylic acids is 2. The minimum absolute atomic E-state index is 0.0906. The number of hydrogen-bond acceptors (Lipinski definition) is 6. The molecule has 2 atom stereocenters. The van der Waals surface area contributed by atoms with Crippen molar-refractivity contribution in [2.45, 2.75) is 101 Å². The van der Waals surface area contributed by atoms with Gasteiger partial charge in [-0.3, -0.25) is 4.79 Å². The first-order valence-corrected chi connectivity index (χ1v) is 17.8. The summed E-state index contributed by atoms with van der Waals surface area (Å²) in [6.07, 6.45) is 10.5. The molecule has 3 aliphatic heterocycles. The number of allylic oxidation sites excluding steroid dienone is 4. The van der Waals surface area contributed by atoms with Crippen molar-refractivity contribution in [3.8, 4) is 0 Å². The van der Waals surface area contributed by atoms with Crippen LogP contribution in [0.3, 0.4) is 0 Å². The van der Waals surface area contributed by atoms with Crippen molar-refractivity contribution in [2.75, 3.05) is 13.1 Å². The Morgan fingerprint density at radius 1 is 1.02 bits per heavy atom. The fourth-order valence-electron chi connectivity index (χ4n) is 8.13. The molecule has 11 heteroatoms. The van der Waals surface area contributed by atoms with Crippen molar-refractivity contribution in [1.29, 1.82) is 0 Å². The largest absolute Gasteiger partial charge is 0.744 e. The molecule has 0 radical (unpaired) electrons. The molecule has 3 aliphatic rings. The lowest BCUT2D eigenvalue weighted by atomic mass is 9.80. The van der Waals surface area contributed by atoms with E-state index in [1.807, 2.05) is 32.1 Å². The van der Waals surface area contributed by atoms with E-state index >= 15 is 0 Å². The second-order valence-electron chi connectivity index (χ2n) is 14.0. The molecule has 10 nitrogen and oxygen atoms in total. The summed E-state index contributed by atoms with van der Waals surface area (Å²) in [5, 5.41) is 19.6. The van der Waals surface area contributed by atoms with Crippen LogP contribution in [0.5, 0.6) is 0 Å². The van der Waals surface area contributed by atoms with Crippen LogP contribution in [0.15, 0.2) is 65.2 Å². The maximum absolute atomic E-state index is 12.8. The van der Waals surface area contributed by atoms with E-state index < -0.39 is 33.5 Å². The Morgan fingerprint density at radius 3 is 2.43 bits per heavy atom. The van der Waals surface area contributed by atoms with Crippen molar-refractivity contribution in [1.82, 2.24) is 4.48 Å². The molecule has 4 N–H and O–H groups in total. The Hall–Kier alpha value is -3.64. The minimum atomic E-state index is -4.71. The van der Waals surface area contributed by atoms with Crippen molar-refractivity contribution >= 4 is 39.1 Å². The number of nitrogens with two attached hydrogens (primary N) is 1. The molecule has 252 valence electrons. The summed E-state index contributed by atoms with van der Waals surface area (Å²) in [4.78, 5) is 23.5. The fourth-order valence-corrected chi connectivity index (χ4v) is 8.63. The normalized spacial score (nSPS) is 23.9. The second kappa shape index (κ2) is 12.8. The molecule has 0 saturated carbocycles. The third-order valence-corrected chi connectivity index (χ3v) is 11.3. The van der Waals surface area contributed by atoms with E-state index in [0.717, 1.165) is 59.6 Å². The Bertz CT molecular complexity index is 1810. The standard InChI is InChI=1S/C36H45N3O7S/c1-35(2)26-21-24(23-37)15-17-28(26)38(19-8-5-6-14-33(40)41)31(35)12-10-13-32-36(3,4)27-22-25(47(44,45)46)16-18-29(27)39(32)20-9-7-11-30(39)34(42)43/h10,12-13,15-18,21-22,30H,5-9,11,14,19-20,23,37H2,1-4H3,(H-2,40,41,42,43,44,45,46)/p+1/b12-10+,32-13+. The van der Waals surface area contributed by atoms with E-state index in [1.165, 1.54) is 12.1 Å². The lowest BCUT2D eigenvalue weighted by Crippen LogP contribution is -2.61. The zero-order valence-corrected chi connectivity index (χ0v) is 28.5. The van der Waals surface area contributed by atoms with Gasteiger partial charge < -0.3 is 20.5 Å². The molecule has 1 fully saturated rings. The van der Waals surface area contributed by atoms with Gasteiger partial charge in [0.15, 0.2) is 11.8 Å². The van der Waals surface area contributed by atoms with Gasteiger partial charge in [-0.05, 0) is 83.2 Å². The number of unbranched alkanes of at least 4 members (excludes halogenated alkanes) is 2. The smallest absolute Gasteiger partial charge is 0.363 e. The van der Waals surface area contributed by atoms with Gasteiger partial charge in [-0.2, -0.15) is 4.58 Å². The number of hydrogen-bond donors (Lipinski definition) is 3. The van der Waals surface area contributed by atoms with Crippen LogP contribution in [0, 0.1) is 0 Å². The fraction of sp³-hybridized carbons (Fsp3) is 0.472. The molecule has 1 saturated heterocycles. The SMILES string of the molecule is CC1(C)C(/C=C/C=C2\C(C)(C)c3cc(S(=O)(=O)[O-])ccc3[N+]23CCCCC3C(=O)O)=[N+](CCCCCC(=O)O)c2ccc(CN)cc21. The summed E-state index contributed by atoms with van der Waals surface area (Å²) in [6, 6.07) is 9.90. The van der Waals surface area contributed by atoms with Gasteiger partial charge in [0, 0.05) is 55.1 Å². The number of benzene rings is 2. The highest BCUT2D eigenvalue weighted by Crippen LogP contribution is 2.56. The van der Waals surface area contributed by atoms with Gasteiger partial charge in [0.05, 0.1) is 22.3 Å². The zero-order chi connectivity index (χ0) is 34.4. The van der Waals surface area contributed by atoms with Crippen molar-refractivity contribution in [3.63, 3.8) is 0 Å². The predicted molar refractivity (Wildman–Crippen MR) is 180 cm³/mol. The highest BCUT2D eigenvalue weighted by Gasteiger charge is 2.60. The second-order valence-corrected chi connectivity index (χ2v) is 15.4. The van der Waals surface area contributed by atoms with E-state index in [2.05, 4.69) is 36.6 Å². The number of carboxylic acid groups (broad SMARTS) is 2. The molecule has 0 aliphatic carbocycles. The summed E-state index contributed by atoms with van der Waals surface area (Å²) in [7, 11) is -4.71. The Balaban J connectivity index is 1.62. The molecule has 0 bridgehead atoms. The van der Waals surface area contributed by atoms with E-state index in [4.69, 9.17) is 10.8 Å². The van der Waals surface area contributed by atoms with Gasteiger partial charge in [0.25, 0.3) is 0 Å². The monoisotopic (exact) mass is 664 g/mol. The number of aliphatic carboxylic acids is 2. The third-order valence-electron chi connectivity index (χ3n) is 10.5. The maximum atomic E-state index is 12.8. The highest BCUT2D eigenvalue weighted by atomic mass is 32.2. The van der Waals surface area contributed by atoms with Crippen LogP contribution in [0.25, 0.3) is 0 Å². The lowest BCUT2D eigenvalue weighted by Gasteiger charge is -2.44. The van der Waals surface area contributed by atoms with Crippen LogP contribution in [0.1, 0.15) is 89.3 Å². The number of rotatable bonds is 11. The van der Waals surface area contributed by atoms with E-state index in [1.54, 1.807) is 6.07 Å². The number of piperidine rings is 1. The van der Waals surface area contributed by atoms with Crippen LogP contribution < -0.4 is 10.2 Å². The van der Waals surface area contributed by atoms with Crippen LogP contribution in [-0.4, -0.2) is 64.5 Å². The predicted octanol–water partition coefficient (Wildman–Crippen LogP) is 5.45. The van der Waals surface area contributed by atoms with Gasteiger partial charge in [0.2, 0.25) is 5.69 Å². The van der Waals surface area contributed by atoms with Crippen LogP contribution in [-0.2, 0) is 37.1 Å². The van der Waals surface area contributed by atoms with Gasteiger partial charge in [0.1, 0.15) is 28.0 Å². The summed E-state index contributed by atoms with van der Waals surface area (Å²) in [5.41, 5.74) is 11.4. The van der Waals surface area contributed by atoms with E-state index in [9.17, 15) is 27.7 Å². The third kappa shape index (κ3) is 6.10. The van der Waals surface area contributed by atoms with Gasteiger partial charge in [-0.1, -0.05) is 12.1 Å². The highest BCUT2D eigenvalue weighted by molar-refractivity contribution is 7.85. The summed E-state index contributed by atoms with van der Waals surface area (Å²) >= 11 is 0. The first-order chi connectivity index (χ1) is 22.1. The molecule has 1 spiro atoms. The zero-order valence-electron chi connectivity index (χ0n) is 27.7. The maximum Gasteiger partial charge on any atom is 0.363 e. The van der Waals surface area contributed by atoms with Gasteiger partial charge in [-0.25, -0.2) is 17.7 Å². The van der Waals surface area contributed by atoms with E-state index in [0.29, 0.717) is 38.0 Å². The molecule has 2 aromatic carbocycles. The molecule has 2 unspecified atom stereocenters. The summed E-state index contributed by atoms with van der Waals surface area (Å²) in [6.45, 7) is 9.95. The molecule has 0 aromatic heterocycles. The Kier molecular flexibility index (Phi) is 9.42. The average Bonchev–Trinajstić information content (AvgIpc) is 3.32. The lowest BCUT2D eigenvalue weighted by molar-refractivity contribution is -0.438. The quantitative estimate of drug-likeness (QED) is 0.124. The summed E-state index contributed by atoms with van der Waals surface area (Å²) in [5.74, 6) is -1.70. The van der Waals surface area contributed by atoms with Crippen molar-refractivity contribution in [3.05, 3.63) is 77.0 Å². The van der Waals surface area contributed by atoms with Gasteiger partial charge >= 0.3 is 11.9 Å². The number of nitrogens with zero attached hydrogens (tertiary/aromatic N) is 2. The molecular formula is C36H46N3O7S+. The molecule has 2 aromatic rings. The average molecular weight is 665 g/mol. The molecule has 5 rings (SSSR count). The number of carbonyl (C=O) groups is 2. The minimum Gasteiger partial charge on any atom is -0.744 e. The number of fused-ring (bicyclic) bond motifs is 3. The first-order valence-electron chi connectivity index (χ1n) is 16.4.